The number of ether oxygens (including phenoxy) is 3. The fraction of sp³-hybridized carbons (Fsp3) is 0.381. The van der Waals surface area contributed by atoms with E-state index in [0.717, 1.165) is 17.5 Å². The SMILES string of the molecule is CCOC(=O)C1COc2cc(CCNC[C@H](O)c3cccc(Cl)c3)ccc2O1. The van der Waals surface area contributed by atoms with Crippen molar-refractivity contribution < 1.29 is 24.1 Å². The van der Waals surface area contributed by atoms with Crippen molar-refractivity contribution in [3.63, 3.8) is 0 Å². The van der Waals surface area contributed by atoms with Crippen LogP contribution in [0.4, 0.5) is 0 Å². The fourth-order valence-corrected chi connectivity index (χ4v) is 3.12. The molecule has 2 aromatic carbocycles. The molecule has 1 unspecified atom stereocenters. The highest BCUT2D eigenvalue weighted by Gasteiger charge is 2.28. The van der Waals surface area contributed by atoms with E-state index in [9.17, 15) is 9.90 Å². The zero-order valence-corrected chi connectivity index (χ0v) is 16.4. The molecule has 0 bridgehead atoms. The van der Waals surface area contributed by atoms with Crippen LogP contribution in [0.5, 0.6) is 11.5 Å². The van der Waals surface area contributed by atoms with Gasteiger partial charge >= 0.3 is 5.97 Å². The molecule has 0 aliphatic carbocycles. The highest BCUT2D eigenvalue weighted by molar-refractivity contribution is 6.30. The Morgan fingerprint density at radius 1 is 1.32 bits per heavy atom. The maximum absolute atomic E-state index is 11.8. The Bertz CT molecular complexity index is 813. The van der Waals surface area contributed by atoms with E-state index in [2.05, 4.69) is 5.32 Å². The molecule has 0 radical (unpaired) electrons. The van der Waals surface area contributed by atoms with Crippen LogP contribution >= 0.6 is 11.6 Å². The largest absolute Gasteiger partial charge is 0.485 e. The molecule has 3 rings (SSSR count). The van der Waals surface area contributed by atoms with Gasteiger partial charge in [-0.2, -0.15) is 0 Å². The minimum absolute atomic E-state index is 0.138. The van der Waals surface area contributed by atoms with Gasteiger partial charge in [-0.25, -0.2) is 4.79 Å². The van der Waals surface area contributed by atoms with Crippen molar-refractivity contribution >= 4 is 17.6 Å². The Balaban J connectivity index is 1.47. The number of esters is 1. The van der Waals surface area contributed by atoms with E-state index >= 15 is 0 Å². The van der Waals surface area contributed by atoms with Crippen LogP contribution in [-0.2, 0) is 16.0 Å². The molecule has 2 atom stereocenters. The molecule has 6 nitrogen and oxygen atoms in total. The molecule has 2 aromatic rings. The van der Waals surface area contributed by atoms with Gasteiger partial charge in [0.25, 0.3) is 0 Å². The quantitative estimate of drug-likeness (QED) is 0.519. The third-order valence-corrected chi connectivity index (χ3v) is 4.61. The van der Waals surface area contributed by atoms with Gasteiger partial charge in [0.1, 0.15) is 6.61 Å². The van der Waals surface area contributed by atoms with E-state index < -0.39 is 18.2 Å². The number of nitrogens with one attached hydrogen (secondary N) is 1. The molecule has 1 heterocycles. The number of hydrogen-bond donors (Lipinski definition) is 2. The summed E-state index contributed by atoms with van der Waals surface area (Å²) in [6, 6.07) is 12.9. The first-order valence-corrected chi connectivity index (χ1v) is 9.68. The van der Waals surface area contributed by atoms with Gasteiger partial charge in [0.2, 0.25) is 6.10 Å². The predicted octanol–water partition coefficient (Wildman–Crippen LogP) is 2.91. The lowest BCUT2D eigenvalue weighted by Gasteiger charge is -2.25. The summed E-state index contributed by atoms with van der Waals surface area (Å²) in [6.45, 7) is 3.33. The highest BCUT2D eigenvalue weighted by Crippen LogP contribution is 2.33. The minimum Gasteiger partial charge on any atom is -0.485 e. The van der Waals surface area contributed by atoms with E-state index in [1.807, 2.05) is 24.3 Å². The zero-order valence-electron chi connectivity index (χ0n) is 15.7. The van der Waals surface area contributed by atoms with Crippen LogP contribution in [0.3, 0.4) is 0 Å². The lowest BCUT2D eigenvalue weighted by atomic mass is 10.1. The van der Waals surface area contributed by atoms with E-state index in [4.69, 9.17) is 25.8 Å². The van der Waals surface area contributed by atoms with E-state index in [-0.39, 0.29) is 6.61 Å². The molecule has 0 aromatic heterocycles. The Labute approximate surface area is 169 Å². The molecule has 7 heteroatoms. The van der Waals surface area contributed by atoms with Gasteiger partial charge in [-0.05, 0) is 55.3 Å². The number of aliphatic hydroxyl groups excluding tert-OH is 1. The second-order valence-electron chi connectivity index (χ2n) is 6.48. The van der Waals surface area contributed by atoms with Gasteiger partial charge in [-0.3, -0.25) is 0 Å². The van der Waals surface area contributed by atoms with E-state index in [1.54, 1.807) is 25.1 Å². The third kappa shape index (κ3) is 5.38. The molecule has 1 aliphatic rings. The van der Waals surface area contributed by atoms with Crippen LogP contribution in [0.1, 0.15) is 24.2 Å². The summed E-state index contributed by atoms with van der Waals surface area (Å²) in [7, 11) is 0. The van der Waals surface area contributed by atoms with Crippen LogP contribution in [0, 0.1) is 0 Å². The standard InChI is InChI=1S/C21H24ClNO5/c1-2-26-21(25)20-13-27-19-10-14(6-7-18(19)28-20)8-9-23-12-17(24)15-4-3-5-16(22)11-15/h3-7,10-11,17,20,23-24H,2,8-9,12-13H2,1H3/t17-,20?/m0/s1. The Morgan fingerprint density at radius 2 is 2.18 bits per heavy atom. The van der Waals surface area contributed by atoms with Crippen molar-refractivity contribution in [3.05, 3.63) is 58.6 Å². The van der Waals surface area contributed by atoms with Gasteiger partial charge in [-0.1, -0.05) is 29.8 Å². The van der Waals surface area contributed by atoms with Gasteiger partial charge in [0.15, 0.2) is 11.5 Å². The molecule has 2 N–H and O–H groups in total. The first kappa shape index (κ1) is 20.5. The molecule has 1 aliphatic heterocycles. The summed E-state index contributed by atoms with van der Waals surface area (Å²) in [6.07, 6.45) is -0.577. The minimum atomic E-state index is -0.729. The molecule has 0 fully saturated rings. The second-order valence-corrected chi connectivity index (χ2v) is 6.91. The first-order valence-electron chi connectivity index (χ1n) is 9.30. The number of aliphatic hydroxyl groups is 1. The summed E-state index contributed by atoms with van der Waals surface area (Å²) < 4.78 is 16.3. The topological polar surface area (TPSA) is 77.0 Å². The summed E-state index contributed by atoms with van der Waals surface area (Å²) in [4.78, 5) is 11.8. The van der Waals surface area contributed by atoms with Crippen LogP contribution in [-0.4, -0.2) is 43.5 Å². The lowest BCUT2D eigenvalue weighted by Crippen LogP contribution is -2.37. The number of hydrogen-bond acceptors (Lipinski definition) is 6. The molecule has 150 valence electrons. The average Bonchev–Trinajstić information content (AvgIpc) is 2.70. The van der Waals surface area contributed by atoms with E-state index in [0.29, 0.717) is 36.2 Å². The van der Waals surface area contributed by atoms with E-state index in [1.165, 1.54) is 0 Å². The van der Waals surface area contributed by atoms with Gasteiger partial charge in [-0.15, -0.1) is 0 Å². The molecule has 0 amide bonds. The van der Waals surface area contributed by atoms with Gasteiger partial charge in [0.05, 0.1) is 12.7 Å². The number of carbonyl (C=O) groups excluding carboxylic acids is 1. The first-order chi connectivity index (χ1) is 13.6. The van der Waals surface area contributed by atoms with Crippen molar-refractivity contribution in [2.24, 2.45) is 0 Å². The molecular weight excluding hydrogens is 382 g/mol. The summed E-state index contributed by atoms with van der Waals surface area (Å²) in [5, 5.41) is 14.1. The third-order valence-electron chi connectivity index (χ3n) is 4.38. The number of rotatable bonds is 8. The maximum Gasteiger partial charge on any atom is 0.350 e. The zero-order chi connectivity index (χ0) is 19.9. The van der Waals surface area contributed by atoms with Gasteiger partial charge in [0, 0.05) is 11.6 Å². The highest BCUT2D eigenvalue weighted by atomic mass is 35.5. The second kappa shape index (κ2) is 9.78. The van der Waals surface area contributed by atoms with Crippen LogP contribution in [0.25, 0.3) is 0 Å². The number of fused-ring (bicyclic) bond motifs is 1. The van der Waals surface area contributed by atoms with Crippen LogP contribution < -0.4 is 14.8 Å². The maximum atomic E-state index is 11.8. The Hall–Kier alpha value is -2.28. The lowest BCUT2D eigenvalue weighted by molar-refractivity contribution is -0.153. The summed E-state index contributed by atoms with van der Waals surface area (Å²) in [5.41, 5.74) is 1.86. The van der Waals surface area contributed by atoms with Gasteiger partial charge < -0.3 is 24.6 Å². The Kier molecular flexibility index (Phi) is 7.14. The number of benzene rings is 2. The predicted molar refractivity (Wildman–Crippen MR) is 106 cm³/mol. The van der Waals surface area contributed by atoms with Crippen molar-refractivity contribution in [1.29, 1.82) is 0 Å². The monoisotopic (exact) mass is 405 g/mol. The van der Waals surface area contributed by atoms with Crippen molar-refractivity contribution in [2.45, 2.75) is 25.6 Å². The summed E-state index contributed by atoms with van der Waals surface area (Å²) in [5.74, 6) is 0.745. The Morgan fingerprint density at radius 3 is 2.96 bits per heavy atom. The number of carbonyl (C=O) groups is 1. The van der Waals surface area contributed by atoms with Crippen molar-refractivity contribution in [3.8, 4) is 11.5 Å². The van der Waals surface area contributed by atoms with Crippen LogP contribution in [0.2, 0.25) is 5.02 Å². The normalized spacial score (nSPS) is 16.5. The fourth-order valence-electron chi connectivity index (χ4n) is 2.93. The molecule has 0 saturated heterocycles. The molecule has 0 spiro atoms. The average molecular weight is 406 g/mol. The molecular formula is C21H24ClNO5. The smallest absolute Gasteiger partial charge is 0.350 e. The van der Waals surface area contributed by atoms with Crippen LogP contribution in [0.15, 0.2) is 42.5 Å². The molecule has 28 heavy (non-hydrogen) atoms. The van der Waals surface area contributed by atoms with Crippen molar-refractivity contribution in [1.82, 2.24) is 5.32 Å². The molecule has 0 saturated carbocycles. The number of halogens is 1. The summed E-state index contributed by atoms with van der Waals surface area (Å²) >= 11 is 5.95. The van der Waals surface area contributed by atoms with Crippen molar-refractivity contribution in [2.75, 3.05) is 26.3 Å².